The summed E-state index contributed by atoms with van der Waals surface area (Å²) < 4.78 is 0. The Bertz CT molecular complexity index is 375. The molecule has 6 nitrogen and oxygen atoms in total. The van der Waals surface area contributed by atoms with Crippen LogP contribution in [0.3, 0.4) is 0 Å². The van der Waals surface area contributed by atoms with Gasteiger partial charge in [-0.15, -0.1) is 0 Å². The Kier molecular flexibility index (Phi) is 6.84. The van der Waals surface area contributed by atoms with Crippen LogP contribution >= 0.6 is 11.8 Å². The number of carboxylic acids is 1. The molecule has 1 rings (SSSR count). The maximum atomic E-state index is 11.6. The second-order valence-electron chi connectivity index (χ2n) is 5.10. The number of carbonyl (C=O) groups is 3. The molecule has 0 spiro atoms. The van der Waals surface area contributed by atoms with Crippen LogP contribution in [0.1, 0.15) is 26.2 Å². The SMILES string of the molecule is CSCCC(NC(=O)CCNC(=O)C1CC1C)C(=O)O. The minimum Gasteiger partial charge on any atom is -0.480 e. The second-order valence-corrected chi connectivity index (χ2v) is 6.09. The Balaban J connectivity index is 2.20. The highest BCUT2D eigenvalue weighted by Crippen LogP contribution is 2.37. The van der Waals surface area contributed by atoms with E-state index in [1.807, 2.05) is 13.2 Å². The van der Waals surface area contributed by atoms with Crippen molar-refractivity contribution >= 4 is 29.5 Å². The van der Waals surface area contributed by atoms with Gasteiger partial charge in [-0.3, -0.25) is 9.59 Å². The molecule has 20 heavy (non-hydrogen) atoms. The third kappa shape index (κ3) is 5.81. The lowest BCUT2D eigenvalue weighted by atomic mass is 10.2. The van der Waals surface area contributed by atoms with Crippen molar-refractivity contribution in [3.8, 4) is 0 Å². The fourth-order valence-corrected chi connectivity index (χ4v) is 2.35. The molecule has 0 bridgehead atoms. The van der Waals surface area contributed by atoms with Crippen LogP contribution in [-0.2, 0) is 14.4 Å². The monoisotopic (exact) mass is 302 g/mol. The average Bonchev–Trinajstić information content (AvgIpc) is 3.11. The molecule has 3 atom stereocenters. The fraction of sp³-hybridized carbons (Fsp3) is 0.769. The first-order valence-electron chi connectivity index (χ1n) is 6.74. The molecule has 0 aliphatic heterocycles. The van der Waals surface area contributed by atoms with E-state index in [0.29, 0.717) is 18.1 Å². The molecular weight excluding hydrogens is 280 g/mol. The molecule has 0 aromatic rings. The van der Waals surface area contributed by atoms with Gasteiger partial charge in [-0.2, -0.15) is 11.8 Å². The van der Waals surface area contributed by atoms with Gasteiger partial charge in [-0.1, -0.05) is 6.92 Å². The molecule has 2 amide bonds. The summed E-state index contributed by atoms with van der Waals surface area (Å²) in [6, 6.07) is -0.853. The number of rotatable bonds is 9. The van der Waals surface area contributed by atoms with Crippen molar-refractivity contribution < 1.29 is 19.5 Å². The highest BCUT2D eigenvalue weighted by molar-refractivity contribution is 7.98. The standard InChI is InChI=1S/C13H22N2O4S/c1-8-7-9(8)12(17)14-5-3-11(16)15-10(13(18)19)4-6-20-2/h8-10H,3-7H2,1-2H3,(H,14,17)(H,15,16)(H,18,19). The number of nitrogens with one attached hydrogen (secondary N) is 2. The van der Waals surface area contributed by atoms with Crippen LogP contribution in [-0.4, -0.2) is 47.5 Å². The quantitative estimate of drug-likeness (QED) is 0.575. The number of hydrogen-bond donors (Lipinski definition) is 3. The molecule has 0 aromatic carbocycles. The zero-order valence-corrected chi connectivity index (χ0v) is 12.7. The minimum atomic E-state index is -1.02. The molecule has 1 aliphatic carbocycles. The van der Waals surface area contributed by atoms with E-state index >= 15 is 0 Å². The van der Waals surface area contributed by atoms with Gasteiger partial charge in [0.2, 0.25) is 11.8 Å². The van der Waals surface area contributed by atoms with E-state index in [4.69, 9.17) is 5.11 Å². The number of amides is 2. The summed E-state index contributed by atoms with van der Waals surface area (Å²) in [6.45, 7) is 2.27. The molecule has 0 radical (unpaired) electrons. The molecule has 1 saturated carbocycles. The first kappa shape index (κ1) is 16.8. The first-order valence-corrected chi connectivity index (χ1v) is 8.14. The van der Waals surface area contributed by atoms with Gasteiger partial charge in [0, 0.05) is 18.9 Å². The number of aliphatic carboxylic acids is 1. The first-order chi connectivity index (χ1) is 9.45. The maximum absolute atomic E-state index is 11.6. The van der Waals surface area contributed by atoms with Gasteiger partial charge >= 0.3 is 5.97 Å². The van der Waals surface area contributed by atoms with Gasteiger partial charge in [-0.05, 0) is 30.8 Å². The van der Waals surface area contributed by atoms with Crippen LogP contribution in [0.2, 0.25) is 0 Å². The van der Waals surface area contributed by atoms with E-state index in [0.717, 1.165) is 6.42 Å². The molecule has 0 heterocycles. The normalized spacial score (nSPS) is 21.9. The Morgan fingerprint density at radius 1 is 1.40 bits per heavy atom. The lowest BCUT2D eigenvalue weighted by Gasteiger charge is -2.14. The summed E-state index contributed by atoms with van der Waals surface area (Å²) in [5.74, 6) is -0.181. The van der Waals surface area contributed by atoms with Crippen molar-refractivity contribution in [2.75, 3.05) is 18.6 Å². The third-order valence-corrected chi connectivity index (χ3v) is 3.99. The molecule has 114 valence electrons. The third-order valence-electron chi connectivity index (χ3n) is 3.34. The molecular formula is C13H22N2O4S. The van der Waals surface area contributed by atoms with Gasteiger partial charge in [-0.25, -0.2) is 4.79 Å². The molecule has 0 saturated heterocycles. The van der Waals surface area contributed by atoms with Gasteiger partial charge in [0.05, 0.1) is 0 Å². The van der Waals surface area contributed by atoms with Crippen molar-refractivity contribution in [1.29, 1.82) is 0 Å². The Labute approximate surface area is 123 Å². The number of hydrogen-bond acceptors (Lipinski definition) is 4. The predicted molar refractivity (Wildman–Crippen MR) is 77.5 cm³/mol. The second kappa shape index (κ2) is 8.14. The number of carboxylic acid groups (broad SMARTS) is 1. The molecule has 3 N–H and O–H groups in total. The van der Waals surface area contributed by atoms with Gasteiger partial charge < -0.3 is 15.7 Å². The predicted octanol–water partition coefficient (Wildman–Crippen LogP) is 0.471. The summed E-state index contributed by atoms with van der Waals surface area (Å²) in [6.07, 6.45) is 3.30. The van der Waals surface area contributed by atoms with E-state index in [1.165, 1.54) is 11.8 Å². The van der Waals surface area contributed by atoms with Crippen LogP contribution in [0.5, 0.6) is 0 Å². The van der Waals surface area contributed by atoms with Crippen LogP contribution in [0.15, 0.2) is 0 Å². The van der Waals surface area contributed by atoms with Crippen LogP contribution in [0, 0.1) is 11.8 Å². The highest BCUT2D eigenvalue weighted by atomic mass is 32.2. The summed E-state index contributed by atoms with van der Waals surface area (Å²) >= 11 is 1.53. The molecule has 7 heteroatoms. The van der Waals surface area contributed by atoms with Crippen LogP contribution in [0.25, 0.3) is 0 Å². The number of thioether (sulfide) groups is 1. The van der Waals surface area contributed by atoms with E-state index in [2.05, 4.69) is 10.6 Å². The molecule has 0 aromatic heterocycles. The number of carbonyl (C=O) groups excluding carboxylic acids is 2. The van der Waals surface area contributed by atoms with Gasteiger partial charge in [0.15, 0.2) is 0 Å². The summed E-state index contributed by atoms with van der Waals surface area (Å²) in [5, 5.41) is 14.2. The zero-order valence-electron chi connectivity index (χ0n) is 11.8. The fourth-order valence-electron chi connectivity index (χ4n) is 1.88. The van der Waals surface area contributed by atoms with E-state index in [-0.39, 0.29) is 30.7 Å². The molecule has 1 aliphatic rings. The smallest absolute Gasteiger partial charge is 0.326 e. The Hall–Kier alpha value is -1.24. The molecule has 3 unspecified atom stereocenters. The van der Waals surface area contributed by atoms with Gasteiger partial charge in [0.25, 0.3) is 0 Å². The summed E-state index contributed by atoms with van der Waals surface area (Å²) in [5.41, 5.74) is 0. The Morgan fingerprint density at radius 3 is 2.55 bits per heavy atom. The van der Waals surface area contributed by atoms with Gasteiger partial charge in [0.1, 0.15) is 6.04 Å². The van der Waals surface area contributed by atoms with Crippen molar-refractivity contribution in [3.05, 3.63) is 0 Å². The van der Waals surface area contributed by atoms with E-state index < -0.39 is 12.0 Å². The Morgan fingerprint density at radius 2 is 2.05 bits per heavy atom. The minimum absolute atomic E-state index is 0.0116. The lowest BCUT2D eigenvalue weighted by molar-refractivity contribution is -0.141. The zero-order chi connectivity index (χ0) is 15.1. The molecule has 1 fully saturated rings. The lowest BCUT2D eigenvalue weighted by Crippen LogP contribution is -2.42. The highest BCUT2D eigenvalue weighted by Gasteiger charge is 2.38. The van der Waals surface area contributed by atoms with E-state index in [1.54, 1.807) is 0 Å². The van der Waals surface area contributed by atoms with Crippen molar-refractivity contribution in [3.63, 3.8) is 0 Å². The largest absolute Gasteiger partial charge is 0.480 e. The average molecular weight is 302 g/mol. The van der Waals surface area contributed by atoms with E-state index in [9.17, 15) is 14.4 Å². The van der Waals surface area contributed by atoms with Crippen LogP contribution in [0.4, 0.5) is 0 Å². The summed E-state index contributed by atoms with van der Waals surface area (Å²) in [7, 11) is 0. The van der Waals surface area contributed by atoms with Crippen molar-refractivity contribution in [2.24, 2.45) is 11.8 Å². The van der Waals surface area contributed by atoms with Crippen molar-refractivity contribution in [1.82, 2.24) is 10.6 Å². The summed E-state index contributed by atoms with van der Waals surface area (Å²) in [4.78, 5) is 34.1. The topological polar surface area (TPSA) is 95.5 Å². The van der Waals surface area contributed by atoms with Crippen molar-refractivity contribution in [2.45, 2.75) is 32.2 Å². The van der Waals surface area contributed by atoms with Crippen LogP contribution < -0.4 is 10.6 Å². The maximum Gasteiger partial charge on any atom is 0.326 e.